The topological polar surface area (TPSA) is 98.2 Å². The van der Waals surface area contributed by atoms with Crippen molar-refractivity contribution >= 4 is 21.8 Å². The Morgan fingerprint density at radius 2 is 1.48 bits per heavy atom. The highest BCUT2D eigenvalue weighted by molar-refractivity contribution is 7.89. The smallest absolute Gasteiger partial charge is 0.257 e. The van der Waals surface area contributed by atoms with Crippen molar-refractivity contribution in [2.45, 2.75) is 4.90 Å². The van der Waals surface area contributed by atoms with Crippen LogP contribution in [0.1, 0.15) is 10.4 Å². The Balaban J connectivity index is 1.58. The molecule has 0 atom stereocenters. The van der Waals surface area contributed by atoms with Crippen molar-refractivity contribution < 1.29 is 23.1 Å². The molecule has 0 saturated carbocycles. The Morgan fingerprint density at radius 3 is 2.10 bits per heavy atom. The van der Waals surface area contributed by atoms with E-state index in [0.29, 0.717) is 26.2 Å². The van der Waals surface area contributed by atoms with Crippen LogP contribution in [-0.2, 0) is 14.8 Å². The number of phenols is 1. The summed E-state index contributed by atoms with van der Waals surface area (Å²) >= 11 is 0. The van der Waals surface area contributed by atoms with E-state index in [4.69, 9.17) is 0 Å². The molecule has 154 valence electrons. The maximum Gasteiger partial charge on any atom is 0.257 e. The fourth-order valence-electron chi connectivity index (χ4n) is 3.13. The van der Waals surface area contributed by atoms with Gasteiger partial charge in [-0.2, -0.15) is 4.31 Å². The highest BCUT2D eigenvalue weighted by Gasteiger charge is 2.29. The summed E-state index contributed by atoms with van der Waals surface area (Å²) < 4.78 is 26.2. The van der Waals surface area contributed by atoms with Gasteiger partial charge in [-0.1, -0.05) is 30.3 Å². The fourth-order valence-corrected chi connectivity index (χ4v) is 4.27. The molecule has 2 aromatic rings. The molecule has 3 rings (SSSR count). The SMILES string of the molecule is CN(CC(=O)N1CCN(C(=O)c2ccccc2O)CC1)S(=O)(=O)c1ccccc1. The van der Waals surface area contributed by atoms with Gasteiger partial charge in [0, 0.05) is 33.2 Å². The number of piperazine rings is 1. The number of carbonyl (C=O) groups excluding carboxylic acids is 2. The lowest BCUT2D eigenvalue weighted by Crippen LogP contribution is -2.52. The quantitative estimate of drug-likeness (QED) is 0.783. The third-order valence-corrected chi connectivity index (χ3v) is 6.68. The second kappa shape index (κ2) is 8.62. The minimum atomic E-state index is -3.74. The number of likely N-dealkylation sites (N-methyl/N-ethyl adjacent to an activating group) is 1. The number of sulfonamides is 1. The molecule has 0 aromatic heterocycles. The number of nitrogens with zero attached hydrogens (tertiary/aromatic N) is 3. The molecule has 0 spiro atoms. The van der Waals surface area contributed by atoms with Crippen LogP contribution in [0, 0.1) is 0 Å². The average molecular weight is 417 g/mol. The van der Waals surface area contributed by atoms with Gasteiger partial charge in [0.1, 0.15) is 5.75 Å². The molecule has 8 nitrogen and oxygen atoms in total. The van der Waals surface area contributed by atoms with Crippen LogP contribution < -0.4 is 0 Å². The van der Waals surface area contributed by atoms with Gasteiger partial charge < -0.3 is 14.9 Å². The highest BCUT2D eigenvalue weighted by atomic mass is 32.2. The molecule has 1 fully saturated rings. The molecular formula is C20H23N3O5S. The number of rotatable bonds is 5. The summed E-state index contributed by atoms with van der Waals surface area (Å²) in [6.07, 6.45) is 0. The van der Waals surface area contributed by atoms with E-state index in [9.17, 15) is 23.1 Å². The third-order valence-electron chi connectivity index (χ3n) is 4.86. The molecule has 29 heavy (non-hydrogen) atoms. The van der Waals surface area contributed by atoms with Gasteiger partial charge in [-0.15, -0.1) is 0 Å². The molecule has 2 aromatic carbocycles. The molecule has 2 amide bonds. The van der Waals surface area contributed by atoms with Crippen molar-refractivity contribution in [1.82, 2.24) is 14.1 Å². The summed E-state index contributed by atoms with van der Waals surface area (Å²) in [6.45, 7) is 0.960. The molecular weight excluding hydrogens is 394 g/mol. The molecule has 1 heterocycles. The molecule has 9 heteroatoms. The Kier molecular flexibility index (Phi) is 6.19. The van der Waals surface area contributed by atoms with Gasteiger partial charge >= 0.3 is 0 Å². The monoisotopic (exact) mass is 417 g/mol. The Morgan fingerprint density at radius 1 is 0.931 bits per heavy atom. The van der Waals surface area contributed by atoms with Crippen molar-refractivity contribution in [2.24, 2.45) is 0 Å². The van der Waals surface area contributed by atoms with Crippen molar-refractivity contribution in [1.29, 1.82) is 0 Å². The standard InChI is InChI=1S/C20H23N3O5S/c1-21(29(27,28)16-7-3-2-4-8-16)15-19(25)22-11-13-23(14-12-22)20(26)17-9-5-6-10-18(17)24/h2-10,24H,11-15H2,1H3. The van der Waals surface area contributed by atoms with E-state index in [1.807, 2.05) is 0 Å². The van der Waals surface area contributed by atoms with E-state index < -0.39 is 10.0 Å². The maximum absolute atomic E-state index is 12.6. The van der Waals surface area contributed by atoms with Crippen LogP contribution in [0.4, 0.5) is 0 Å². The summed E-state index contributed by atoms with van der Waals surface area (Å²) in [5.41, 5.74) is 0.223. The largest absolute Gasteiger partial charge is 0.507 e. The number of carbonyl (C=O) groups is 2. The van der Waals surface area contributed by atoms with E-state index in [0.717, 1.165) is 4.31 Å². The van der Waals surface area contributed by atoms with E-state index in [2.05, 4.69) is 0 Å². The van der Waals surface area contributed by atoms with Crippen LogP contribution in [0.15, 0.2) is 59.5 Å². The number of aromatic hydroxyl groups is 1. The summed E-state index contributed by atoms with van der Waals surface area (Å²) in [7, 11) is -2.37. The Bertz CT molecular complexity index is 986. The zero-order chi connectivity index (χ0) is 21.0. The lowest BCUT2D eigenvalue weighted by Gasteiger charge is -2.35. The van der Waals surface area contributed by atoms with E-state index in [-0.39, 0.29) is 34.6 Å². The first-order valence-electron chi connectivity index (χ1n) is 9.17. The third kappa shape index (κ3) is 4.57. The van der Waals surface area contributed by atoms with Crippen LogP contribution in [0.5, 0.6) is 5.75 Å². The van der Waals surface area contributed by atoms with Crippen molar-refractivity contribution in [2.75, 3.05) is 39.8 Å². The van der Waals surface area contributed by atoms with Gasteiger partial charge in [-0.25, -0.2) is 8.42 Å². The van der Waals surface area contributed by atoms with E-state index >= 15 is 0 Å². The molecule has 0 bridgehead atoms. The second-order valence-electron chi connectivity index (χ2n) is 6.76. The minimum absolute atomic E-state index is 0.0799. The lowest BCUT2D eigenvalue weighted by atomic mass is 10.1. The maximum atomic E-state index is 12.6. The zero-order valence-electron chi connectivity index (χ0n) is 16.1. The number of benzene rings is 2. The van der Waals surface area contributed by atoms with Gasteiger partial charge in [-0.3, -0.25) is 9.59 Å². The van der Waals surface area contributed by atoms with Crippen LogP contribution in [0.2, 0.25) is 0 Å². The molecule has 0 unspecified atom stereocenters. The van der Waals surface area contributed by atoms with Gasteiger partial charge in [0.2, 0.25) is 15.9 Å². The first-order valence-corrected chi connectivity index (χ1v) is 10.6. The van der Waals surface area contributed by atoms with Crippen LogP contribution in [0.3, 0.4) is 0 Å². The van der Waals surface area contributed by atoms with E-state index in [1.54, 1.807) is 46.2 Å². The van der Waals surface area contributed by atoms with Crippen molar-refractivity contribution in [3.05, 3.63) is 60.2 Å². The average Bonchev–Trinajstić information content (AvgIpc) is 2.74. The van der Waals surface area contributed by atoms with E-state index in [1.165, 1.54) is 25.2 Å². The van der Waals surface area contributed by atoms with Crippen LogP contribution >= 0.6 is 0 Å². The minimum Gasteiger partial charge on any atom is -0.507 e. The van der Waals surface area contributed by atoms with Crippen LogP contribution in [0.25, 0.3) is 0 Å². The predicted molar refractivity (Wildman–Crippen MR) is 107 cm³/mol. The molecule has 1 saturated heterocycles. The normalized spacial score (nSPS) is 14.8. The molecule has 1 aliphatic heterocycles. The molecule has 0 aliphatic carbocycles. The first kappa shape index (κ1) is 20.8. The summed E-state index contributed by atoms with van der Waals surface area (Å²) in [4.78, 5) is 28.4. The van der Waals surface area contributed by atoms with Gasteiger partial charge in [-0.05, 0) is 24.3 Å². The van der Waals surface area contributed by atoms with Crippen LogP contribution in [-0.4, -0.2) is 79.2 Å². The second-order valence-corrected chi connectivity index (χ2v) is 8.81. The summed E-state index contributed by atoms with van der Waals surface area (Å²) in [5, 5.41) is 9.85. The first-order chi connectivity index (χ1) is 13.8. The summed E-state index contributed by atoms with van der Waals surface area (Å²) in [6, 6.07) is 14.3. The van der Waals surface area contributed by atoms with Crippen molar-refractivity contribution in [3.8, 4) is 5.75 Å². The zero-order valence-corrected chi connectivity index (χ0v) is 16.9. The Hall–Kier alpha value is -2.91. The summed E-state index contributed by atoms with van der Waals surface area (Å²) in [5.74, 6) is -0.690. The number of para-hydroxylation sites is 1. The number of hydrogen-bond donors (Lipinski definition) is 1. The lowest BCUT2D eigenvalue weighted by molar-refractivity contribution is -0.132. The van der Waals surface area contributed by atoms with Gasteiger partial charge in [0.25, 0.3) is 5.91 Å². The fraction of sp³-hybridized carbons (Fsp3) is 0.300. The molecule has 1 N–H and O–H groups in total. The molecule has 0 radical (unpaired) electrons. The van der Waals surface area contributed by atoms with Gasteiger partial charge in [0.05, 0.1) is 17.0 Å². The highest BCUT2D eigenvalue weighted by Crippen LogP contribution is 2.19. The van der Waals surface area contributed by atoms with Gasteiger partial charge in [0.15, 0.2) is 0 Å². The molecule has 1 aliphatic rings. The predicted octanol–water partition coefficient (Wildman–Crippen LogP) is 0.997. The van der Waals surface area contributed by atoms with Crippen molar-refractivity contribution in [3.63, 3.8) is 0 Å². The number of amides is 2. The number of phenolic OH excluding ortho intramolecular Hbond substituents is 1. The number of hydrogen-bond acceptors (Lipinski definition) is 5. The Labute approximate surface area is 170 Å².